The molecule has 4 heterocycles. The van der Waals surface area contributed by atoms with Crippen molar-refractivity contribution < 1.29 is 45.3 Å². The van der Waals surface area contributed by atoms with Crippen molar-refractivity contribution in [1.82, 2.24) is 28.2 Å². The van der Waals surface area contributed by atoms with Gasteiger partial charge in [-0.2, -0.15) is 26.3 Å². The number of alkyl halides is 6. The molecule has 0 aliphatic heterocycles. The fourth-order valence-corrected chi connectivity index (χ4v) is 8.79. The quantitative estimate of drug-likeness (QED) is 0.0669. The van der Waals surface area contributed by atoms with Crippen molar-refractivity contribution in [2.75, 3.05) is 40.1 Å². The van der Waals surface area contributed by atoms with E-state index in [0.717, 1.165) is 57.8 Å². The van der Waals surface area contributed by atoms with Crippen molar-refractivity contribution in [3.05, 3.63) is 104 Å². The third kappa shape index (κ3) is 9.99. The van der Waals surface area contributed by atoms with Crippen molar-refractivity contribution in [2.24, 2.45) is 14.1 Å². The molecule has 342 valence electrons. The van der Waals surface area contributed by atoms with Crippen LogP contribution in [-0.2, 0) is 52.6 Å². The molecule has 0 amide bonds. The first-order valence-electron chi connectivity index (χ1n) is 21.3. The Labute approximate surface area is 364 Å². The normalized spacial score (nSPS) is 19.1. The lowest BCUT2D eigenvalue weighted by molar-refractivity contribution is -0.174. The second-order valence-corrected chi connectivity index (χ2v) is 16.9. The number of rotatable bonds is 17. The predicted molar refractivity (Wildman–Crippen MR) is 227 cm³/mol. The molecule has 8 rings (SSSR count). The number of fused-ring (bicyclic) bond motifs is 2. The zero-order valence-electron chi connectivity index (χ0n) is 36.0. The number of aromatic nitrogens is 6. The van der Waals surface area contributed by atoms with E-state index in [2.05, 4.69) is 0 Å². The second-order valence-electron chi connectivity index (χ2n) is 16.9. The monoisotopic (exact) mass is 896 g/mol. The van der Waals surface area contributed by atoms with Gasteiger partial charge in [0.25, 0.3) is 11.1 Å². The number of benzene rings is 2. The van der Waals surface area contributed by atoms with Gasteiger partial charge in [-0.05, 0) is 91.3 Å². The van der Waals surface area contributed by atoms with Gasteiger partial charge < -0.3 is 37.2 Å². The Morgan fingerprint density at radius 3 is 1.61 bits per heavy atom. The van der Waals surface area contributed by atoms with Crippen molar-refractivity contribution in [2.45, 2.75) is 88.5 Å². The van der Waals surface area contributed by atoms with Crippen LogP contribution in [0.1, 0.15) is 60.3 Å². The zero-order chi connectivity index (χ0) is 45.5. The smallest absolute Gasteiger partial charge is 0.381 e. The topological polar surface area (TPSA) is 117 Å². The van der Waals surface area contributed by atoms with E-state index >= 15 is 0 Å². The van der Waals surface area contributed by atoms with Gasteiger partial charge in [0.2, 0.25) is 0 Å². The number of imidazole rings is 2. The molecule has 2 aromatic carbocycles. The summed E-state index contributed by atoms with van der Waals surface area (Å²) in [6.07, 6.45) is -2.29. The molecule has 2 saturated carbocycles. The van der Waals surface area contributed by atoms with E-state index in [0.29, 0.717) is 41.4 Å². The minimum atomic E-state index is -4.45. The number of hydrogen-bond acceptors (Lipinski definition) is 8. The zero-order valence-corrected chi connectivity index (χ0v) is 36.0. The SMILES string of the molecule is COC1CC(c2nc3ccc(-c4cc(CCOC5CC(c6nc7ccc(-c8cc(C)c(=O)n(C)c8)cc7n6CCOCC(F)(F)F)C5)c(=O)n(C)c4)cc3n2CCOCC(F)(F)F)C1. The van der Waals surface area contributed by atoms with Crippen LogP contribution in [0.3, 0.4) is 0 Å². The average molecular weight is 897 g/mol. The van der Waals surface area contributed by atoms with Crippen LogP contribution in [0, 0.1) is 6.92 Å². The van der Waals surface area contributed by atoms with Gasteiger partial charge in [-0.25, -0.2) is 9.97 Å². The summed E-state index contributed by atoms with van der Waals surface area (Å²) in [4.78, 5) is 35.5. The second kappa shape index (κ2) is 18.3. The number of hydrogen-bond donors (Lipinski definition) is 0. The molecule has 6 aromatic rings. The van der Waals surface area contributed by atoms with Crippen LogP contribution in [-0.4, -0.2) is 92.9 Å². The van der Waals surface area contributed by atoms with Gasteiger partial charge in [0, 0.05) is 76.1 Å². The highest BCUT2D eigenvalue weighted by Gasteiger charge is 2.36. The Kier molecular flexibility index (Phi) is 12.9. The van der Waals surface area contributed by atoms with Crippen molar-refractivity contribution in [3.8, 4) is 22.3 Å². The minimum Gasteiger partial charge on any atom is -0.381 e. The van der Waals surface area contributed by atoms with E-state index < -0.39 is 25.6 Å². The number of halogens is 6. The summed E-state index contributed by atoms with van der Waals surface area (Å²) >= 11 is 0. The molecule has 18 heteroatoms. The average Bonchev–Trinajstić information content (AvgIpc) is 3.74. The molecule has 64 heavy (non-hydrogen) atoms. The summed E-state index contributed by atoms with van der Waals surface area (Å²) in [6.45, 7) is -0.642. The molecule has 0 bridgehead atoms. The van der Waals surface area contributed by atoms with Gasteiger partial charge in [0.05, 0.1) is 54.1 Å². The Bertz CT molecular complexity index is 2730. The molecule has 0 spiro atoms. The number of aryl methyl sites for hydroxylation is 3. The van der Waals surface area contributed by atoms with Gasteiger partial charge in [0.15, 0.2) is 0 Å². The minimum absolute atomic E-state index is 0.0229. The lowest BCUT2D eigenvalue weighted by Crippen LogP contribution is -2.33. The molecule has 0 saturated heterocycles. The van der Waals surface area contributed by atoms with Gasteiger partial charge in [-0.1, -0.05) is 12.1 Å². The van der Waals surface area contributed by atoms with Crippen LogP contribution in [0.5, 0.6) is 0 Å². The largest absolute Gasteiger partial charge is 0.411 e. The maximum Gasteiger partial charge on any atom is 0.411 e. The summed E-state index contributed by atoms with van der Waals surface area (Å²) in [7, 11) is 5.02. The molecular formula is C46H50F6N6O6. The van der Waals surface area contributed by atoms with Crippen molar-refractivity contribution >= 4 is 22.1 Å². The van der Waals surface area contributed by atoms with Crippen LogP contribution in [0.2, 0.25) is 0 Å². The fourth-order valence-electron chi connectivity index (χ4n) is 8.79. The van der Waals surface area contributed by atoms with E-state index in [4.69, 9.17) is 28.9 Å². The van der Waals surface area contributed by atoms with Crippen LogP contribution < -0.4 is 11.1 Å². The molecule has 0 N–H and O–H groups in total. The van der Waals surface area contributed by atoms with E-state index in [1.807, 2.05) is 57.7 Å². The third-order valence-corrected chi connectivity index (χ3v) is 12.3. The summed E-state index contributed by atoms with van der Waals surface area (Å²) in [5.41, 5.74) is 7.00. The summed E-state index contributed by atoms with van der Waals surface area (Å²) in [5, 5.41) is 0. The first-order chi connectivity index (χ1) is 30.4. The third-order valence-electron chi connectivity index (χ3n) is 12.3. The lowest BCUT2D eigenvalue weighted by atomic mass is 9.81. The Hall–Kier alpha value is -5.30. The molecule has 0 atom stereocenters. The van der Waals surface area contributed by atoms with Gasteiger partial charge in [-0.3, -0.25) is 9.59 Å². The highest BCUT2D eigenvalue weighted by atomic mass is 19.4. The molecule has 12 nitrogen and oxygen atoms in total. The molecule has 0 unspecified atom stereocenters. The van der Waals surface area contributed by atoms with Crippen LogP contribution >= 0.6 is 0 Å². The maximum absolute atomic E-state index is 13.3. The number of pyridine rings is 2. The molecule has 2 aliphatic carbocycles. The summed E-state index contributed by atoms with van der Waals surface area (Å²) in [5.74, 6) is 1.59. The van der Waals surface area contributed by atoms with Crippen molar-refractivity contribution in [3.63, 3.8) is 0 Å². The van der Waals surface area contributed by atoms with Gasteiger partial charge in [0.1, 0.15) is 24.9 Å². The van der Waals surface area contributed by atoms with E-state index in [1.54, 1.807) is 40.5 Å². The first kappa shape index (κ1) is 45.3. The number of methoxy groups -OCH3 is 1. The molecule has 4 aromatic heterocycles. The standard InChI is InChI=1S/C46H50F6N6O6/c1-27-15-33(23-55(2)43(27)59)28-5-7-37-39(21-28)58(11-14-63-26-46(50,51)52)42(54-37)32-19-36(20-32)64-12-9-30-16-34(24-56(3)44(30)60)29-6-8-38-40(22-29)57(10-13-62-25-45(47,48)49)41(53-38)31-17-35(18-31)61-4/h5-8,15-16,21-24,31-32,35-36H,9-14,17-20,25-26H2,1-4H3. The highest BCUT2D eigenvalue weighted by molar-refractivity contribution is 5.84. The fraction of sp³-hybridized carbons (Fsp3) is 0.478. The number of nitrogens with zero attached hydrogens (tertiary/aromatic N) is 6. The summed E-state index contributed by atoms with van der Waals surface area (Å²) in [6, 6.07) is 15.1. The lowest BCUT2D eigenvalue weighted by Gasteiger charge is -2.35. The van der Waals surface area contributed by atoms with Crippen molar-refractivity contribution in [1.29, 1.82) is 0 Å². The van der Waals surface area contributed by atoms with E-state index in [-0.39, 0.29) is 68.1 Å². The summed E-state index contributed by atoms with van der Waals surface area (Å²) < 4.78 is 106. The van der Waals surface area contributed by atoms with Crippen LogP contribution in [0.25, 0.3) is 44.3 Å². The molecule has 2 aliphatic rings. The Morgan fingerprint density at radius 2 is 1.12 bits per heavy atom. The van der Waals surface area contributed by atoms with E-state index in [1.165, 1.54) is 9.13 Å². The highest BCUT2D eigenvalue weighted by Crippen LogP contribution is 2.41. The van der Waals surface area contributed by atoms with Crippen LogP contribution in [0.4, 0.5) is 26.3 Å². The Balaban J connectivity index is 0.957. The molecular weight excluding hydrogens is 847 g/mol. The van der Waals surface area contributed by atoms with Crippen LogP contribution in [0.15, 0.2) is 70.5 Å². The Morgan fingerprint density at radius 1 is 0.641 bits per heavy atom. The molecule has 2 fully saturated rings. The van der Waals surface area contributed by atoms with E-state index in [9.17, 15) is 35.9 Å². The predicted octanol–water partition coefficient (Wildman–Crippen LogP) is 7.98. The molecule has 0 radical (unpaired) electrons. The van der Waals surface area contributed by atoms with Gasteiger partial charge in [-0.15, -0.1) is 0 Å². The first-order valence-corrected chi connectivity index (χ1v) is 21.3. The number of ether oxygens (including phenoxy) is 4. The van der Waals surface area contributed by atoms with Gasteiger partial charge >= 0.3 is 12.4 Å². The maximum atomic E-state index is 13.3.